The summed E-state index contributed by atoms with van der Waals surface area (Å²) in [4.78, 5) is 0.314. The maximum atomic E-state index is 12.8. The Morgan fingerprint density at radius 2 is 1.85 bits per heavy atom. The Labute approximate surface area is 119 Å². The SMILES string of the molecule is NC1(c2ccccc2)CCc2sc(C(F)(F)F)cc2C1. The fraction of sp³-hybridized carbons (Fsp3) is 0.333. The van der Waals surface area contributed by atoms with Crippen molar-refractivity contribution in [3.8, 4) is 0 Å². The number of rotatable bonds is 1. The van der Waals surface area contributed by atoms with E-state index in [-0.39, 0.29) is 0 Å². The lowest BCUT2D eigenvalue weighted by atomic mass is 9.77. The Hall–Kier alpha value is -1.33. The number of fused-ring (bicyclic) bond motifs is 1. The minimum absolute atomic E-state index is 0.471. The molecule has 0 saturated carbocycles. The molecule has 1 aromatic carbocycles. The van der Waals surface area contributed by atoms with Gasteiger partial charge >= 0.3 is 6.18 Å². The molecule has 0 spiro atoms. The minimum atomic E-state index is -4.26. The van der Waals surface area contributed by atoms with Crippen LogP contribution in [0.25, 0.3) is 0 Å². The van der Waals surface area contributed by atoms with E-state index in [1.54, 1.807) is 0 Å². The number of alkyl halides is 3. The number of halogens is 3. The van der Waals surface area contributed by atoms with Crippen molar-refractivity contribution in [2.75, 3.05) is 0 Å². The molecule has 0 saturated heterocycles. The first-order valence-electron chi connectivity index (χ1n) is 6.42. The highest BCUT2D eigenvalue weighted by atomic mass is 32.1. The zero-order valence-electron chi connectivity index (χ0n) is 10.7. The highest BCUT2D eigenvalue weighted by Crippen LogP contribution is 2.42. The molecule has 2 N–H and O–H groups in total. The first kappa shape index (κ1) is 13.6. The molecule has 5 heteroatoms. The van der Waals surface area contributed by atoms with Crippen molar-refractivity contribution in [2.45, 2.75) is 31.0 Å². The third-order valence-electron chi connectivity index (χ3n) is 3.83. The molecule has 1 unspecified atom stereocenters. The van der Waals surface area contributed by atoms with Crippen molar-refractivity contribution in [1.29, 1.82) is 0 Å². The van der Waals surface area contributed by atoms with E-state index in [2.05, 4.69) is 0 Å². The Morgan fingerprint density at radius 3 is 2.50 bits per heavy atom. The molecule has 1 heterocycles. The van der Waals surface area contributed by atoms with Crippen LogP contribution < -0.4 is 5.73 Å². The average molecular weight is 297 g/mol. The Balaban J connectivity index is 1.94. The van der Waals surface area contributed by atoms with Gasteiger partial charge in [0.15, 0.2) is 0 Å². The normalized spacial score (nSPS) is 22.6. The number of hydrogen-bond donors (Lipinski definition) is 1. The van der Waals surface area contributed by atoms with Crippen molar-refractivity contribution in [3.05, 3.63) is 57.3 Å². The zero-order valence-corrected chi connectivity index (χ0v) is 11.5. The third-order valence-corrected chi connectivity index (χ3v) is 5.11. The van der Waals surface area contributed by atoms with E-state index in [0.717, 1.165) is 27.3 Å². The second kappa shape index (κ2) is 4.60. The monoisotopic (exact) mass is 297 g/mol. The summed E-state index contributed by atoms with van der Waals surface area (Å²) < 4.78 is 38.3. The van der Waals surface area contributed by atoms with Crippen molar-refractivity contribution < 1.29 is 13.2 Å². The fourth-order valence-corrected chi connectivity index (χ4v) is 3.80. The van der Waals surface area contributed by atoms with Gasteiger partial charge in [0, 0.05) is 10.4 Å². The summed E-state index contributed by atoms with van der Waals surface area (Å²) in [6.07, 6.45) is -2.49. The fourth-order valence-electron chi connectivity index (χ4n) is 2.75. The van der Waals surface area contributed by atoms with Gasteiger partial charge in [0.05, 0.1) is 0 Å². The molecule has 1 atom stereocenters. The molecule has 0 aliphatic heterocycles. The van der Waals surface area contributed by atoms with E-state index in [4.69, 9.17) is 5.73 Å². The first-order valence-corrected chi connectivity index (χ1v) is 7.23. The highest BCUT2D eigenvalue weighted by Gasteiger charge is 2.38. The largest absolute Gasteiger partial charge is 0.425 e. The lowest BCUT2D eigenvalue weighted by Crippen LogP contribution is -2.41. The number of thiophene rings is 1. The molecule has 1 aliphatic rings. The van der Waals surface area contributed by atoms with Crippen LogP contribution >= 0.6 is 11.3 Å². The maximum Gasteiger partial charge on any atom is 0.425 e. The summed E-state index contributed by atoms with van der Waals surface area (Å²) in [5, 5.41) is 0. The van der Waals surface area contributed by atoms with Gasteiger partial charge in [-0.05, 0) is 36.5 Å². The van der Waals surface area contributed by atoms with Gasteiger partial charge in [-0.1, -0.05) is 30.3 Å². The summed E-state index contributed by atoms with van der Waals surface area (Å²) >= 11 is 0.858. The summed E-state index contributed by atoms with van der Waals surface area (Å²) in [5.74, 6) is 0. The van der Waals surface area contributed by atoms with Crippen LogP contribution in [0.1, 0.15) is 27.3 Å². The van der Waals surface area contributed by atoms with Gasteiger partial charge in [-0.3, -0.25) is 0 Å². The Kier molecular flexibility index (Phi) is 3.14. The van der Waals surface area contributed by atoms with Gasteiger partial charge in [0.2, 0.25) is 0 Å². The van der Waals surface area contributed by atoms with Crippen molar-refractivity contribution >= 4 is 11.3 Å². The molecular weight excluding hydrogens is 283 g/mol. The van der Waals surface area contributed by atoms with Crippen LogP contribution in [0.4, 0.5) is 13.2 Å². The smallest absolute Gasteiger partial charge is 0.321 e. The van der Waals surface area contributed by atoms with E-state index in [0.29, 0.717) is 19.3 Å². The molecule has 0 bridgehead atoms. The minimum Gasteiger partial charge on any atom is -0.321 e. The van der Waals surface area contributed by atoms with E-state index in [9.17, 15) is 13.2 Å². The summed E-state index contributed by atoms with van der Waals surface area (Å²) in [6, 6.07) is 10.9. The number of nitrogens with two attached hydrogens (primary N) is 1. The van der Waals surface area contributed by atoms with E-state index < -0.39 is 16.6 Å². The van der Waals surface area contributed by atoms with Crippen LogP contribution in [0.15, 0.2) is 36.4 Å². The molecule has 0 amide bonds. The van der Waals surface area contributed by atoms with Crippen molar-refractivity contribution in [1.82, 2.24) is 0 Å². The van der Waals surface area contributed by atoms with Crippen LogP contribution in [0, 0.1) is 0 Å². The van der Waals surface area contributed by atoms with Gasteiger partial charge in [-0.2, -0.15) is 13.2 Å². The third kappa shape index (κ3) is 2.36. The van der Waals surface area contributed by atoms with Crippen LogP contribution in [0.3, 0.4) is 0 Å². The molecule has 106 valence electrons. The average Bonchev–Trinajstić information content (AvgIpc) is 2.82. The quantitative estimate of drug-likeness (QED) is 0.842. The second-order valence-electron chi connectivity index (χ2n) is 5.26. The van der Waals surface area contributed by atoms with Crippen molar-refractivity contribution in [2.24, 2.45) is 5.73 Å². The predicted molar refractivity (Wildman–Crippen MR) is 73.7 cm³/mol. The molecule has 20 heavy (non-hydrogen) atoms. The molecule has 1 aliphatic carbocycles. The summed E-state index contributed by atoms with van der Waals surface area (Å²) in [7, 11) is 0. The maximum absolute atomic E-state index is 12.8. The molecule has 0 radical (unpaired) electrons. The lowest BCUT2D eigenvalue weighted by Gasteiger charge is -2.34. The topological polar surface area (TPSA) is 26.0 Å². The van der Waals surface area contributed by atoms with Crippen LogP contribution in [0.5, 0.6) is 0 Å². The van der Waals surface area contributed by atoms with Gasteiger partial charge in [0.25, 0.3) is 0 Å². The lowest BCUT2D eigenvalue weighted by molar-refractivity contribution is -0.134. The standard InChI is InChI=1S/C15H14F3NS/c16-15(17,18)13-8-10-9-14(19,7-6-12(10)20-13)11-4-2-1-3-5-11/h1-5,8H,6-7,9,19H2. The van der Waals surface area contributed by atoms with E-state index in [1.807, 2.05) is 30.3 Å². The van der Waals surface area contributed by atoms with Crippen LogP contribution in [-0.2, 0) is 24.6 Å². The van der Waals surface area contributed by atoms with Crippen molar-refractivity contribution in [3.63, 3.8) is 0 Å². The number of benzene rings is 1. The molecule has 1 aromatic heterocycles. The van der Waals surface area contributed by atoms with Gasteiger partial charge in [0.1, 0.15) is 4.88 Å². The molecular formula is C15H14F3NS. The predicted octanol–water partition coefficient (Wildman–Crippen LogP) is 4.11. The molecule has 1 nitrogen and oxygen atoms in total. The zero-order chi connectivity index (χ0) is 14.4. The van der Waals surface area contributed by atoms with E-state index >= 15 is 0 Å². The highest BCUT2D eigenvalue weighted by molar-refractivity contribution is 7.12. The van der Waals surface area contributed by atoms with Gasteiger partial charge < -0.3 is 5.73 Å². The number of aryl methyl sites for hydroxylation is 1. The Morgan fingerprint density at radius 1 is 1.15 bits per heavy atom. The number of hydrogen-bond acceptors (Lipinski definition) is 2. The first-order chi connectivity index (χ1) is 9.38. The molecule has 2 aromatic rings. The molecule has 0 fully saturated rings. The van der Waals surface area contributed by atoms with E-state index in [1.165, 1.54) is 6.07 Å². The summed E-state index contributed by atoms with van der Waals surface area (Å²) in [5.41, 5.74) is 7.62. The van der Waals surface area contributed by atoms with Gasteiger partial charge in [-0.15, -0.1) is 11.3 Å². The second-order valence-corrected chi connectivity index (χ2v) is 6.39. The summed E-state index contributed by atoms with van der Waals surface area (Å²) in [6.45, 7) is 0. The van der Waals surface area contributed by atoms with Crippen LogP contribution in [0.2, 0.25) is 0 Å². The van der Waals surface area contributed by atoms with Crippen LogP contribution in [-0.4, -0.2) is 0 Å². The Bertz CT molecular complexity index is 618. The molecule has 3 rings (SSSR count). The van der Waals surface area contributed by atoms with Gasteiger partial charge in [-0.25, -0.2) is 0 Å².